The fraction of sp³-hybridized carbons (Fsp3) is 0. The summed E-state index contributed by atoms with van der Waals surface area (Å²) in [6.45, 7) is 0. The molecule has 0 aliphatic heterocycles. The van der Waals surface area contributed by atoms with Crippen molar-refractivity contribution in [3.8, 4) is 11.1 Å². The average Bonchev–Trinajstić information content (AvgIpc) is 2.18. The van der Waals surface area contributed by atoms with Crippen molar-refractivity contribution in [3.63, 3.8) is 0 Å². The van der Waals surface area contributed by atoms with E-state index in [0.717, 1.165) is 11.1 Å². The highest BCUT2D eigenvalue weighted by Gasteiger charge is 2.03. The lowest BCUT2D eigenvalue weighted by molar-refractivity contribution is 1.33. The zero-order valence-corrected chi connectivity index (χ0v) is 8.68. The standard InChI is InChI=1S/C11H6Cl2N/c12-9-4-1-3-8(7-9)10-5-2-6-14-11(10)13/h1-3,5-7H. The van der Waals surface area contributed by atoms with Crippen LogP contribution in [0.4, 0.5) is 0 Å². The predicted molar refractivity (Wildman–Crippen MR) is 58.5 cm³/mol. The van der Waals surface area contributed by atoms with Crippen molar-refractivity contribution in [3.05, 3.63) is 52.8 Å². The van der Waals surface area contributed by atoms with E-state index >= 15 is 0 Å². The Balaban J connectivity index is 2.55. The maximum atomic E-state index is 5.95. The van der Waals surface area contributed by atoms with Crippen LogP contribution in [0.2, 0.25) is 10.2 Å². The van der Waals surface area contributed by atoms with Crippen molar-refractivity contribution < 1.29 is 0 Å². The van der Waals surface area contributed by atoms with Crippen molar-refractivity contribution in [2.75, 3.05) is 0 Å². The molecule has 1 nitrogen and oxygen atoms in total. The number of aromatic nitrogens is 1. The SMILES string of the molecule is Clc1[c]ccc(-c2cccnc2Cl)c1. The Morgan fingerprint density at radius 2 is 2.07 bits per heavy atom. The van der Waals surface area contributed by atoms with Crippen LogP contribution >= 0.6 is 23.2 Å². The first-order valence-electron chi connectivity index (χ1n) is 4.05. The number of hydrogen-bond acceptors (Lipinski definition) is 1. The van der Waals surface area contributed by atoms with E-state index < -0.39 is 0 Å². The fourth-order valence-corrected chi connectivity index (χ4v) is 1.62. The number of rotatable bonds is 1. The summed E-state index contributed by atoms with van der Waals surface area (Å²) in [5, 5.41) is 1.05. The minimum atomic E-state index is 0.481. The van der Waals surface area contributed by atoms with E-state index in [0.29, 0.717) is 10.2 Å². The highest BCUT2D eigenvalue weighted by Crippen LogP contribution is 2.27. The second-order valence-electron chi connectivity index (χ2n) is 2.77. The van der Waals surface area contributed by atoms with Gasteiger partial charge in [0, 0.05) is 22.8 Å². The molecule has 2 rings (SSSR count). The van der Waals surface area contributed by atoms with Gasteiger partial charge in [-0.1, -0.05) is 35.3 Å². The summed E-state index contributed by atoms with van der Waals surface area (Å²) in [7, 11) is 0. The second kappa shape index (κ2) is 3.99. The molecule has 0 saturated carbocycles. The van der Waals surface area contributed by atoms with Crippen LogP contribution in [0, 0.1) is 6.07 Å². The molecular formula is C11H6Cl2N. The highest BCUT2D eigenvalue weighted by atomic mass is 35.5. The number of benzene rings is 1. The van der Waals surface area contributed by atoms with Crippen LogP contribution in [0.5, 0.6) is 0 Å². The predicted octanol–water partition coefficient (Wildman–Crippen LogP) is 3.86. The van der Waals surface area contributed by atoms with E-state index in [2.05, 4.69) is 11.1 Å². The van der Waals surface area contributed by atoms with Crippen LogP contribution in [0.3, 0.4) is 0 Å². The topological polar surface area (TPSA) is 12.9 Å². The second-order valence-corrected chi connectivity index (χ2v) is 3.53. The van der Waals surface area contributed by atoms with Gasteiger partial charge in [-0.05, 0) is 23.8 Å². The van der Waals surface area contributed by atoms with Crippen LogP contribution in [0.15, 0.2) is 36.5 Å². The van der Waals surface area contributed by atoms with Crippen molar-refractivity contribution >= 4 is 23.2 Å². The fourth-order valence-electron chi connectivity index (χ4n) is 1.21. The number of pyridine rings is 1. The van der Waals surface area contributed by atoms with E-state index in [1.807, 2.05) is 24.3 Å². The third kappa shape index (κ3) is 1.89. The Bertz CT molecular complexity index is 455. The molecule has 1 radical (unpaired) electrons. The van der Waals surface area contributed by atoms with E-state index in [-0.39, 0.29) is 0 Å². The van der Waals surface area contributed by atoms with E-state index in [1.165, 1.54) is 0 Å². The molecule has 1 heterocycles. The summed E-state index contributed by atoms with van der Waals surface area (Å²) < 4.78 is 0. The largest absolute Gasteiger partial charge is 0.244 e. The summed E-state index contributed by atoms with van der Waals surface area (Å²) >= 11 is 11.8. The van der Waals surface area contributed by atoms with Gasteiger partial charge in [-0.2, -0.15) is 0 Å². The molecule has 0 aliphatic carbocycles. The lowest BCUT2D eigenvalue weighted by Gasteiger charge is -2.02. The van der Waals surface area contributed by atoms with Crippen LogP contribution < -0.4 is 0 Å². The quantitative estimate of drug-likeness (QED) is 0.669. The van der Waals surface area contributed by atoms with Crippen LogP contribution in [0.1, 0.15) is 0 Å². The molecule has 0 amide bonds. The molecule has 0 fully saturated rings. The van der Waals surface area contributed by atoms with Crippen molar-refractivity contribution in [2.45, 2.75) is 0 Å². The molecule has 2 aromatic rings. The molecular weight excluding hydrogens is 217 g/mol. The van der Waals surface area contributed by atoms with Gasteiger partial charge in [0.1, 0.15) is 5.15 Å². The Hall–Kier alpha value is -1.05. The first-order valence-corrected chi connectivity index (χ1v) is 4.81. The van der Waals surface area contributed by atoms with E-state index in [9.17, 15) is 0 Å². The van der Waals surface area contributed by atoms with Crippen LogP contribution in [0.25, 0.3) is 11.1 Å². The smallest absolute Gasteiger partial charge is 0.136 e. The van der Waals surface area contributed by atoms with Crippen molar-refractivity contribution in [2.24, 2.45) is 0 Å². The normalized spacial score (nSPS) is 10.1. The molecule has 0 aliphatic rings. The Morgan fingerprint density at radius 3 is 2.79 bits per heavy atom. The molecule has 3 heteroatoms. The van der Waals surface area contributed by atoms with Crippen molar-refractivity contribution in [1.29, 1.82) is 0 Å². The summed E-state index contributed by atoms with van der Waals surface area (Å²) in [6, 6.07) is 12.1. The Kier molecular flexibility index (Phi) is 2.71. The molecule has 0 unspecified atom stereocenters. The molecule has 1 aromatic carbocycles. The molecule has 69 valence electrons. The zero-order valence-electron chi connectivity index (χ0n) is 7.17. The number of halogens is 2. The minimum Gasteiger partial charge on any atom is -0.244 e. The third-order valence-electron chi connectivity index (χ3n) is 1.84. The van der Waals surface area contributed by atoms with Gasteiger partial charge < -0.3 is 0 Å². The third-order valence-corrected chi connectivity index (χ3v) is 2.36. The van der Waals surface area contributed by atoms with Gasteiger partial charge in [-0.25, -0.2) is 4.98 Å². The highest BCUT2D eigenvalue weighted by molar-refractivity contribution is 6.32. The maximum Gasteiger partial charge on any atom is 0.136 e. The lowest BCUT2D eigenvalue weighted by atomic mass is 10.1. The number of hydrogen-bond donors (Lipinski definition) is 0. The van der Waals surface area contributed by atoms with Gasteiger partial charge in [0.2, 0.25) is 0 Å². The molecule has 0 saturated heterocycles. The molecule has 1 aromatic heterocycles. The average molecular weight is 223 g/mol. The first kappa shape index (κ1) is 9.50. The molecule has 0 bridgehead atoms. The van der Waals surface area contributed by atoms with Gasteiger partial charge in [-0.3, -0.25) is 0 Å². The monoisotopic (exact) mass is 222 g/mol. The summed E-state index contributed by atoms with van der Waals surface area (Å²) in [5.74, 6) is 0. The minimum absolute atomic E-state index is 0.481. The van der Waals surface area contributed by atoms with Gasteiger partial charge in [0.25, 0.3) is 0 Å². The molecule has 0 N–H and O–H groups in total. The molecule has 0 spiro atoms. The number of nitrogens with zero attached hydrogens (tertiary/aromatic N) is 1. The molecule has 0 atom stereocenters. The van der Waals surface area contributed by atoms with Gasteiger partial charge in [-0.15, -0.1) is 0 Å². The lowest BCUT2D eigenvalue weighted by Crippen LogP contribution is -1.81. The summed E-state index contributed by atoms with van der Waals surface area (Å²) in [5.41, 5.74) is 1.83. The van der Waals surface area contributed by atoms with E-state index in [1.54, 1.807) is 12.3 Å². The summed E-state index contributed by atoms with van der Waals surface area (Å²) in [6.07, 6.45) is 1.66. The summed E-state index contributed by atoms with van der Waals surface area (Å²) in [4.78, 5) is 4.00. The van der Waals surface area contributed by atoms with Gasteiger partial charge >= 0.3 is 0 Å². The Labute approximate surface area is 92.3 Å². The maximum absolute atomic E-state index is 5.95. The van der Waals surface area contributed by atoms with Gasteiger partial charge in [0.15, 0.2) is 0 Å². The van der Waals surface area contributed by atoms with Crippen LogP contribution in [-0.4, -0.2) is 4.98 Å². The molecule has 14 heavy (non-hydrogen) atoms. The van der Waals surface area contributed by atoms with E-state index in [4.69, 9.17) is 23.2 Å². The van der Waals surface area contributed by atoms with Gasteiger partial charge in [0.05, 0.1) is 0 Å². The first-order chi connectivity index (χ1) is 6.77. The zero-order chi connectivity index (χ0) is 9.97. The Morgan fingerprint density at radius 1 is 1.21 bits per heavy atom. The van der Waals surface area contributed by atoms with Crippen LogP contribution in [-0.2, 0) is 0 Å². The van der Waals surface area contributed by atoms with Crippen molar-refractivity contribution in [1.82, 2.24) is 4.98 Å².